The summed E-state index contributed by atoms with van der Waals surface area (Å²) in [5.41, 5.74) is 5.71. The summed E-state index contributed by atoms with van der Waals surface area (Å²) in [5, 5.41) is 5.01. The van der Waals surface area contributed by atoms with Crippen LogP contribution in [0.2, 0.25) is 0 Å². The van der Waals surface area contributed by atoms with Gasteiger partial charge in [-0.1, -0.05) is 0 Å². The molecule has 0 aromatic carbocycles. The second kappa shape index (κ2) is 3.91. The second-order valence-corrected chi connectivity index (χ2v) is 5.24. The fourth-order valence-corrected chi connectivity index (χ4v) is 2.30. The van der Waals surface area contributed by atoms with E-state index in [0.717, 1.165) is 25.7 Å². The molecule has 13 heavy (non-hydrogen) atoms. The third kappa shape index (κ3) is 2.91. The van der Waals surface area contributed by atoms with Crippen molar-refractivity contribution in [2.24, 2.45) is 10.9 Å². The molecule has 1 rings (SSSR count). The van der Waals surface area contributed by atoms with Crippen LogP contribution in [0, 0.1) is 0 Å². The molecule has 0 amide bonds. The number of nitrogens with zero attached hydrogens (tertiary/aromatic N) is 1. The average Bonchev–Trinajstić information content (AvgIpc) is 2.03. The Labute approximate surface area is 79.3 Å². The summed E-state index contributed by atoms with van der Waals surface area (Å²) in [4.78, 5) is 0. The minimum Gasteiger partial charge on any atom is -0.328 e. The first kappa shape index (κ1) is 10.9. The van der Waals surface area contributed by atoms with Crippen molar-refractivity contribution >= 4 is 10.2 Å². The van der Waals surface area contributed by atoms with E-state index >= 15 is 0 Å². The second-order valence-electron chi connectivity index (χ2n) is 3.63. The van der Waals surface area contributed by atoms with E-state index in [4.69, 9.17) is 10.9 Å². The van der Waals surface area contributed by atoms with Gasteiger partial charge in [0.05, 0.1) is 0 Å². The summed E-state index contributed by atoms with van der Waals surface area (Å²) in [6.45, 7) is 0. The zero-order valence-corrected chi connectivity index (χ0v) is 8.63. The van der Waals surface area contributed by atoms with E-state index in [1.54, 1.807) is 0 Å². The minimum absolute atomic E-state index is 0.0369. The zero-order chi connectivity index (χ0) is 10.1. The Balaban J connectivity index is 2.55. The standard InChI is InChI=1S/C7H17N3O2S/c1-10(13(9,11)12)7-4-2-6(8)3-5-7/h6-7H,2-5,8H2,1H3,(H2,9,11,12). The topological polar surface area (TPSA) is 89.4 Å². The molecule has 0 aromatic rings. The largest absolute Gasteiger partial charge is 0.328 e. The van der Waals surface area contributed by atoms with Crippen molar-refractivity contribution in [3.05, 3.63) is 0 Å². The van der Waals surface area contributed by atoms with Crippen molar-refractivity contribution in [3.63, 3.8) is 0 Å². The summed E-state index contributed by atoms with van der Waals surface area (Å²) in [5.74, 6) is 0. The van der Waals surface area contributed by atoms with Gasteiger partial charge in [0.25, 0.3) is 10.2 Å². The highest BCUT2D eigenvalue weighted by molar-refractivity contribution is 7.86. The molecule has 5 nitrogen and oxygen atoms in total. The Bertz CT molecular complexity index is 257. The van der Waals surface area contributed by atoms with Crippen LogP contribution < -0.4 is 10.9 Å². The summed E-state index contributed by atoms with van der Waals surface area (Å²) < 4.78 is 23.2. The number of rotatable bonds is 2. The first-order valence-electron chi connectivity index (χ1n) is 4.42. The van der Waals surface area contributed by atoms with Crippen molar-refractivity contribution < 1.29 is 8.42 Å². The van der Waals surface area contributed by atoms with E-state index in [-0.39, 0.29) is 12.1 Å². The van der Waals surface area contributed by atoms with Crippen LogP contribution in [0.3, 0.4) is 0 Å². The van der Waals surface area contributed by atoms with Gasteiger partial charge in [-0.3, -0.25) is 0 Å². The first-order valence-corrected chi connectivity index (χ1v) is 5.93. The van der Waals surface area contributed by atoms with E-state index in [9.17, 15) is 8.42 Å². The number of nitrogens with two attached hydrogens (primary N) is 2. The van der Waals surface area contributed by atoms with Crippen LogP contribution in [-0.2, 0) is 10.2 Å². The lowest BCUT2D eigenvalue weighted by Crippen LogP contribution is -2.44. The highest BCUT2D eigenvalue weighted by Crippen LogP contribution is 2.21. The highest BCUT2D eigenvalue weighted by atomic mass is 32.2. The van der Waals surface area contributed by atoms with Gasteiger partial charge in [0.1, 0.15) is 0 Å². The Morgan fingerprint density at radius 1 is 1.23 bits per heavy atom. The van der Waals surface area contributed by atoms with Crippen LogP contribution in [0.15, 0.2) is 0 Å². The Morgan fingerprint density at radius 3 is 2.08 bits per heavy atom. The molecule has 0 radical (unpaired) electrons. The fraction of sp³-hybridized carbons (Fsp3) is 1.00. The zero-order valence-electron chi connectivity index (χ0n) is 7.81. The van der Waals surface area contributed by atoms with Gasteiger partial charge in [0, 0.05) is 19.1 Å². The lowest BCUT2D eigenvalue weighted by atomic mass is 9.92. The van der Waals surface area contributed by atoms with Gasteiger partial charge in [0.15, 0.2) is 0 Å². The number of hydrogen-bond acceptors (Lipinski definition) is 3. The van der Waals surface area contributed by atoms with E-state index in [0.29, 0.717) is 0 Å². The van der Waals surface area contributed by atoms with Crippen LogP contribution >= 0.6 is 0 Å². The molecule has 0 unspecified atom stereocenters. The Kier molecular flexibility index (Phi) is 3.28. The predicted molar refractivity (Wildman–Crippen MR) is 51.1 cm³/mol. The molecule has 6 heteroatoms. The SMILES string of the molecule is CN(C1CCC(N)CC1)S(N)(=O)=O. The van der Waals surface area contributed by atoms with Gasteiger partial charge >= 0.3 is 0 Å². The summed E-state index contributed by atoms with van der Waals surface area (Å²) in [6, 6.07) is 0.264. The lowest BCUT2D eigenvalue weighted by molar-refractivity contribution is 0.269. The molecule has 1 aliphatic carbocycles. The Morgan fingerprint density at radius 2 is 1.69 bits per heavy atom. The van der Waals surface area contributed by atoms with Crippen LogP contribution in [0.1, 0.15) is 25.7 Å². The highest BCUT2D eigenvalue weighted by Gasteiger charge is 2.26. The van der Waals surface area contributed by atoms with E-state index in [1.165, 1.54) is 11.4 Å². The fourth-order valence-electron chi connectivity index (χ4n) is 1.67. The molecule has 0 spiro atoms. The molecule has 4 N–H and O–H groups in total. The van der Waals surface area contributed by atoms with Gasteiger partial charge in [0.2, 0.25) is 0 Å². The number of hydrogen-bond donors (Lipinski definition) is 2. The molecule has 78 valence electrons. The van der Waals surface area contributed by atoms with E-state index in [1.807, 2.05) is 0 Å². The molecule has 0 aliphatic heterocycles. The normalized spacial score (nSPS) is 30.8. The van der Waals surface area contributed by atoms with Crippen molar-refractivity contribution in [2.75, 3.05) is 7.05 Å². The lowest BCUT2D eigenvalue weighted by Gasteiger charge is -2.31. The van der Waals surface area contributed by atoms with Crippen LogP contribution in [0.4, 0.5) is 0 Å². The molecular formula is C7H17N3O2S. The quantitative estimate of drug-likeness (QED) is 0.633. The van der Waals surface area contributed by atoms with Gasteiger partial charge in [-0.2, -0.15) is 12.7 Å². The predicted octanol–water partition coefficient (Wildman–Crippen LogP) is -0.608. The van der Waals surface area contributed by atoms with E-state index < -0.39 is 10.2 Å². The summed E-state index contributed by atoms with van der Waals surface area (Å²) >= 11 is 0. The summed E-state index contributed by atoms with van der Waals surface area (Å²) in [6.07, 6.45) is 3.39. The average molecular weight is 207 g/mol. The third-order valence-corrected chi connectivity index (χ3v) is 3.76. The van der Waals surface area contributed by atoms with Crippen LogP contribution in [0.5, 0.6) is 0 Å². The van der Waals surface area contributed by atoms with Crippen molar-refractivity contribution in [1.82, 2.24) is 4.31 Å². The van der Waals surface area contributed by atoms with Crippen molar-refractivity contribution in [3.8, 4) is 0 Å². The summed E-state index contributed by atoms with van der Waals surface area (Å²) in [7, 11) is -2.00. The molecular weight excluding hydrogens is 190 g/mol. The Hall–Kier alpha value is -0.170. The molecule has 0 bridgehead atoms. The minimum atomic E-state index is -3.53. The van der Waals surface area contributed by atoms with Crippen molar-refractivity contribution in [1.29, 1.82) is 0 Å². The smallest absolute Gasteiger partial charge is 0.276 e. The molecule has 1 fully saturated rings. The molecule has 1 aliphatic rings. The van der Waals surface area contributed by atoms with Crippen molar-refractivity contribution in [2.45, 2.75) is 37.8 Å². The first-order chi connectivity index (χ1) is 5.91. The molecule has 0 heterocycles. The maximum Gasteiger partial charge on any atom is 0.276 e. The maximum absolute atomic E-state index is 11.0. The molecule has 0 saturated heterocycles. The van der Waals surface area contributed by atoms with Crippen LogP contribution in [0.25, 0.3) is 0 Å². The maximum atomic E-state index is 11.0. The van der Waals surface area contributed by atoms with Gasteiger partial charge < -0.3 is 5.73 Å². The van der Waals surface area contributed by atoms with Gasteiger partial charge in [-0.15, -0.1) is 0 Å². The van der Waals surface area contributed by atoms with Crippen LogP contribution in [-0.4, -0.2) is 31.9 Å². The third-order valence-electron chi connectivity index (χ3n) is 2.66. The molecule has 0 aromatic heterocycles. The van der Waals surface area contributed by atoms with E-state index in [2.05, 4.69) is 0 Å². The van der Waals surface area contributed by atoms with Gasteiger partial charge in [-0.25, -0.2) is 5.14 Å². The molecule has 1 saturated carbocycles. The monoisotopic (exact) mass is 207 g/mol. The van der Waals surface area contributed by atoms with Gasteiger partial charge in [-0.05, 0) is 25.7 Å². The molecule has 0 atom stereocenters.